The zero-order valence-electron chi connectivity index (χ0n) is 6.00. The van der Waals surface area contributed by atoms with Crippen LogP contribution in [0.4, 0.5) is 0 Å². The second-order valence-corrected chi connectivity index (χ2v) is 3.67. The van der Waals surface area contributed by atoms with Gasteiger partial charge in [-0.15, -0.1) is 0 Å². The van der Waals surface area contributed by atoms with Crippen LogP contribution in [0, 0.1) is 0 Å². The quantitative estimate of drug-likeness (QED) is 0.487. The van der Waals surface area contributed by atoms with Gasteiger partial charge in [0.25, 0.3) is 0 Å². The van der Waals surface area contributed by atoms with Crippen molar-refractivity contribution in [2.45, 2.75) is 0 Å². The van der Waals surface area contributed by atoms with Crippen molar-refractivity contribution in [2.75, 3.05) is 0 Å². The van der Waals surface area contributed by atoms with E-state index in [9.17, 15) is 0 Å². The van der Waals surface area contributed by atoms with Crippen LogP contribution in [0.15, 0.2) is 52.2 Å². The summed E-state index contributed by atoms with van der Waals surface area (Å²) >= 11 is 0.493. The van der Waals surface area contributed by atoms with Gasteiger partial charge in [-0.1, -0.05) is 0 Å². The second kappa shape index (κ2) is 8.01. The molecule has 2 rings (SSSR count). The number of hydrogen-bond donors (Lipinski definition) is 0. The fraction of sp³-hybridized carbons (Fsp3) is 0. The first-order valence-electron chi connectivity index (χ1n) is 3.18. The minimum atomic E-state index is 0. The van der Waals surface area contributed by atoms with Gasteiger partial charge >= 0.3 is 37.6 Å². The molecule has 1 aromatic carbocycles. The topological polar surface area (TPSA) is 0 Å². The van der Waals surface area contributed by atoms with E-state index in [4.69, 9.17) is 0 Å². The van der Waals surface area contributed by atoms with Gasteiger partial charge in [-0.05, 0) is 0 Å². The average Bonchev–Trinajstić information content (AvgIpc) is 2.67. The average molecular weight is 248 g/mol. The predicted molar refractivity (Wildman–Crippen MR) is 46.1 cm³/mol. The molecule has 1 aliphatic rings. The number of allylic oxidation sites excluding steroid dienone is 2. The molecule has 0 unspecified atom stereocenters. The van der Waals surface area contributed by atoms with E-state index >= 15 is 0 Å². The molecule has 0 N–H and O–H groups in total. The van der Waals surface area contributed by atoms with Crippen LogP contribution >= 0.6 is 0 Å². The summed E-state index contributed by atoms with van der Waals surface area (Å²) in [7, 11) is 0. The van der Waals surface area contributed by atoms with Gasteiger partial charge < -0.3 is 0 Å². The fourth-order valence-corrected chi connectivity index (χ4v) is 1.61. The molecule has 1 radical (unpaired) electrons. The molecule has 0 nitrogen and oxygen atoms in total. The molecule has 2 heteroatoms. The van der Waals surface area contributed by atoms with E-state index in [1.807, 2.05) is 30.3 Å². The third kappa shape index (κ3) is 6.31. The van der Waals surface area contributed by atoms with Gasteiger partial charge in [0.05, 0.1) is 0 Å². The molecule has 1 heterocycles. The molecule has 0 spiro atoms. The summed E-state index contributed by atoms with van der Waals surface area (Å²) in [6, 6.07) is 10.0. The zero-order chi connectivity index (χ0) is 7.07. The predicted octanol–water partition coefficient (Wildman–Crippen LogP) is 2.13. The Bertz CT molecular complexity index is 172. The van der Waals surface area contributed by atoms with Crippen LogP contribution in [0.1, 0.15) is 0 Å². The third-order valence-corrected chi connectivity index (χ3v) is 2.46. The summed E-state index contributed by atoms with van der Waals surface area (Å²) < 4.78 is 0. The van der Waals surface area contributed by atoms with Crippen molar-refractivity contribution in [1.29, 1.82) is 0 Å². The van der Waals surface area contributed by atoms with Crippen molar-refractivity contribution in [3.63, 3.8) is 0 Å². The van der Waals surface area contributed by atoms with Crippen LogP contribution in [0.2, 0.25) is 0 Å². The first kappa shape index (κ1) is 10.9. The summed E-state index contributed by atoms with van der Waals surface area (Å²) in [5.41, 5.74) is 0. The van der Waals surface area contributed by atoms with Crippen molar-refractivity contribution in [2.24, 2.45) is 0 Å². The molecule has 11 heavy (non-hydrogen) atoms. The standard InChI is InChI=1S/C5H5.C4H4As.Fe/c2*1-2-4-5-3-1;/h1-5H;1-4H;/q-1;;. The smallest absolute Gasteiger partial charge is 0 e. The van der Waals surface area contributed by atoms with E-state index in [0.29, 0.717) is 15.8 Å². The largest absolute Gasteiger partial charge is 0.214 e. The summed E-state index contributed by atoms with van der Waals surface area (Å²) in [5.74, 6) is 0. The SMILES string of the molecule is C1=C[As]C=C1.[Fe].c1cc[cH-]c1. The van der Waals surface area contributed by atoms with Gasteiger partial charge in [0, 0.05) is 17.1 Å². The Morgan fingerprint density at radius 1 is 0.909 bits per heavy atom. The van der Waals surface area contributed by atoms with Crippen molar-refractivity contribution in [3.05, 3.63) is 52.2 Å². The van der Waals surface area contributed by atoms with Crippen LogP contribution < -0.4 is 0 Å². The van der Waals surface area contributed by atoms with E-state index in [2.05, 4.69) is 21.9 Å². The van der Waals surface area contributed by atoms with E-state index in [0.717, 1.165) is 0 Å². The summed E-state index contributed by atoms with van der Waals surface area (Å²) in [6.45, 7) is 0. The minimum Gasteiger partial charge on any atom is -0.214 e. The molecule has 1 aromatic rings. The molecule has 0 saturated carbocycles. The van der Waals surface area contributed by atoms with Crippen LogP contribution in [-0.2, 0) is 17.1 Å². The van der Waals surface area contributed by atoms with E-state index in [1.165, 1.54) is 0 Å². The monoisotopic (exact) mass is 248 g/mol. The van der Waals surface area contributed by atoms with Gasteiger partial charge in [0.15, 0.2) is 0 Å². The van der Waals surface area contributed by atoms with Crippen LogP contribution in [0.3, 0.4) is 0 Å². The van der Waals surface area contributed by atoms with Gasteiger partial charge in [0.1, 0.15) is 0 Å². The zero-order valence-corrected chi connectivity index (χ0v) is 8.98. The first-order valence-corrected chi connectivity index (χ1v) is 5.35. The van der Waals surface area contributed by atoms with Crippen molar-refractivity contribution in [1.82, 2.24) is 0 Å². The maximum Gasteiger partial charge on any atom is 0 e. The van der Waals surface area contributed by atoms with Gasteiger partial charge in [0.2, 0.25) is 0 Å². The normalized spacial score (nSPS) is 11.6. The molecular weight excluding hydrogens is 239 g/mol. The van der Waals surface area contributed by atoms with E-state index in [-0.39, 0.29) is 17.1 Å². The minimum absolute atomic E-state index is 0. The summed E-state index contributed by atoms with van der Waals surface area (Å²) in [5, 5.41) is 0. The molecule has 1 aliphatic heterocycles. The molecule has 0 fully saturated rings. The number of hydrogen-bond acceptors (Lipinski definition) is 0. The van der Waals surface area contributed by atoms with E-state index in [1.54, 1.807) is 0 Å². The first-order chi connectivity index (χ1) is 5.00. The van der Waals surface area contributed by atoms with Gasteiger partial charge in [-0.2, -0.15) is 18.2 Å². The van der Waals surface area contributed by atoms with Crippen molar-refractivity contribution in [3.8, 4) is 0 Å². The van der Waals surface area contributed by atoms with Crippen molar-refractivity contribution < 1.29 is 17.1 Å². The Kier molecular flexibility index (Phi) is 7.94. The Morgan fingerprint density at radius 3 is 1.64 bits per heavy atom. The van der Waals surface area contributed by atoms with Crippen LogP contribution in [0.5, 0.6) is 0 Å². The molecule has 0 bridgehead atoms. The maximum absolute atomic E-state index is 2.22. The second-order valence-electron chi connectivity index (χ2n) is 1.79. The Balaban J connectivity index is 0.000000167. The molecule has 0 amide bonds. The Labute approximate surface area is 84.9 Å². The molecule has 0 aromatic heterocycles. The van der Waals surface area contributed by atoms with Gasteiger partial charge in [-0.25, -0.2) is 12.1 Å². The molecule has 0 saturated heterocycles. The summed E-state index contributed by atoms with van der Waals surface area (Å²) in [4.78, 5) is 4.44. The van der Waals surface area contributed by atoms with Crippen molar-refractivity contribution >= 4 is 15.8 Å². The van der Waals surface area contributed by atoms with Crippen LogP contribution in [0.25, 0.3) is 0 Å². The third-order valence-electron chi connectivity index (χ3n) is 1.01. The van der Waals surface area contributed by atoms with E-state index < -0.39 is 0 Å². The molecule has 59 valence electrons. The Morgan fingerprint density at radius 2 is 1.45 bits per heavy atom. The van der Waals surface area contributed by atoms with Gasteiger partial charge in [-0.3, -0.25) is 0 Å². The fourth-order valence-electron chi connectivity index (χ4n) is 0.569. The summed E-state index contributed by atoms with van der Waals surface area (Å²) in [6.07, 6.45) is 4.19. The Hall–Kier alpha value is -0.0921. The number of rotatable bonds is 0. The molecule has 0 atom stereocenters. The molecular formula is C9H9AsFe-. The molecule has 0 aliphatic carbocycles. The maximum atomic E-state index is 2.22. The van der Waals surface area contributed by atoms with Crippen LogP contribution in [-0.4, -0.2) is 15.8 Å².